The highest BCUT2D eigenvalue weighted by molar-refractivity contribution is 6.31. The van der Waals surface area contributed by atoms with Gasteiger partial charge in [0.15, 0.2) is 0 Å². The molecule has 1 heteroatoms. The summed E-state index contributed by atoms with van der Waals surface area (Å²) >= 11 is 6.01. The number of rotatable bonds is 3. The van der Waals surface area contributed by atoms with Crippen LogP contribution in [0.5, 0.6) is 0 Å². The average molecular weight is 213 g/mol. The van der Waals surface area contributed by atoms with Crippen molar-refractivity contribution >= 4 is 11.6 Å². The molecule has 0 saturated carbocycles. The summed E-state index contributed by atoms with van der Waals surface area (Å²) in [6.45, 7) is 8.47. The molecule has 0 aromatic heterocycles. The van der Waals surface area contributed by atoms with Crippen molar-refractivity contribution in [2.24, 2.45) is 5.92 Å². The zero-order chi connectivity index (χ0) is 11.0. The average Bonchev–Trinajstić information content (AvgIpc) is 2.19. The molecule has 0 aliphatic rings. The number of hydrogen-bond acceptors (Lipinski definition) is 0. The molecule has 0 radical (unpaired) electrons. The molecule has 0 spiro atoms. The van der Waals surface area contributed by atoms with Gasteiger partial charge in [0, 0.05) is 5.02 Å². The van der Waals surface area contributed by atoms with E-state index < -0.39 is 0 Å². The van der Waals surface area contributed by atoms with Crippen molar-refractivity contribution in [3.8, 4) is 0 Å². The Labute approximate surface area is 93.3 Å². The van der Waals surface area contributed by atoms with Crippen LogP contribution in [-0.2, 0) is 6.42 Å². The lowest BCUT2D eigenvalue weighted by Crippen LogP contribution is -1.92. The lowest BCUT2D eigenvalue weighted by atomic mass is 10.0. The van der Waals surface area contributed by atoms with Gasteiger partial charge in [-0.1, -0.05) is 57.5 Å². The summed E-state index contributed by atoms with van der Waals surface area (Å²) in [5.74, 6) is 0.751. The second-order valence-electron chi connectivity index (χ2n) is 3.52. The van der Waals surface area contributed by atoms with Crippen molar-refractivity contribution in [2.75, 3.05) is 0 Å². The molecule has 1 rings (SSSR count). The summed E-state index contributed by atoms with van der Waals surface area (Å²) in [4.78, 5) is 0. The summed E-state index contributed by atoms with van der Waals surface area (Å²) < 4.78 is 0. The SMILES string of the molecule is CC.CC(C)CCc1ccccc1Cl. The Morgan fingerprint density at radius 3 is 2.21 bits per heavy atom. The fraction of sp³-hybridized carbons (Fsp3) is 0.538. The van der Waals surface area contributed by atoms with Crippen LogP contribution in [0.1, 0.15) is 39.7 Å². The smallest absolute Gasteiger partial charge is 0.0437 e. The van der Waals surface area contributed by atoms with Crippen molar-refractivity contribution in [2.45, 2.75) is 40.5 Å². The van der Waals surface area contributed by atoms with E-state index in [0.717, 1.165) is 17.4 Å². The number of halogens is 1. The van der Waals surface area contributed by atoms with Crippen LogP contribution in [0.4, 0.5) is 0 Å². The van der Waals surface area contributed by atoms with Crippen LogP contribution in [0.15, 0.2) is 24.3 Å². The zero-order valence-electron chi connectivity index (χ0n) is 9.68. The minimum Gasteiger partial charge on any atom is -0.0840 e. The summed E-state index contributed by atoms with van der Waals surface area (Å²) in [7, 11) is 0. The molecule has 0 heterocycles. The van der Waals surface area contributed by atoms with Gasteiger partial charge in [-0.2, -0.15) is 0 Å². The molecule has 0 nitrogen and oxygen atoms in total. The van der Waals surface area contributed by atoms with Crippen LogP contribution in [0, 0.1) is 5.92 Å². The maximum absolute atomic E-state index is 6.01. The Bertz CT molecular complexity index is 241. The van der Waals surface area contributed by atoms with Gasteiger partial charge in [0.25, 0.3) is 0 Å². The van der Waals surface area contributed by atoms with E-state index in [1.165, 1.54) is 12.0 Å². The second-order valence-corrected chi connectivity index (χ2v) is 3.93. The third-order valence-corrected chi connectivity index (χ3v) is 2.32. The number of hydrogen-bond donors (Lipinski definition) is 0. The van der Waals surface area contributed by atoms with Crippen molar-refractivity contribution < 1.29 is 0 Å². The quantitative estimate of drug-likeness (QED) is 0.665. The molecule has 0 saturated heterocycles. The Morgan fingerprint density at radius 2 is 1.71 bits per heavy atom. The number of aryl methyl sites for hydroxylation is 1. The van der Waals surface area contributed by atoms with E-state index in [2.05, 4.69) is 19.9 Å². The van der Waals surface area contributed by atoms with Gasteiger partial charge in [-0.3, -0.25) is 0 Å². The van der Waals surface area contributed by atoms with E-state index in [9.17, 15) is 0 Å². The maximum atomic E-state index is 6.01. The Hall–Kier alpha value is -0.490. The van der Waals surface area contributed by atoms with Crippen molar-refractivity contribution in [3.05, 3.63) is 34.9 Å². The summed E-state index contributed by atoms with van der Waals surface area (Å²) in [6.07, 6.45) is 2.31. The lowest BCUT2D eigenvalue weighted by molar-refractivity contribution is 0.587. The molecule has 80 valence electrons. The highest BCUT2D eigenvalue weighted by Crippen LogP contribution is 2.18. The van der Waals surface area contributed by atoms with E-state index in [4.69, 9.17) is 11.6 Å². The predicted molar refractivity (Wildman–Crippen MR) is 66.0 cm³/mol. The lowest BCUT2D eigenvalue weighted by Gasteiger charge is -2.05. The van der Waals surface area contributed by atoms with E-state index in [0.29, 0.717) is 0 Å². The first-order chi connectivity index (χ1) is 6.70. The van der Waals surface area contributed by atoms with Gasteiger partial charge in [0.2, 0.25) is 0 Å². The van der Waals surface area contributed by atoms with Gasteiger partial charge >= 0.3 is 0 Å². The van der Waals surface area contributed by atoms with Gasteiger partial charge < -0.3 is 0 Å². The van der Waals surface area contributed by atoms with Crippen LogP contribution in [0.25, 0.3) is 0 Å². The minimum atomic E-state index is 0.751. The van der Waals surface area contributed by atoms with Gasteiger partial charge in [0.1, 0.15) is 0 Å². The summed E-state index contributed by atoms with van der Waals surface area (Å²) in [5, 5.41) is 0.901. The van der Waals surface area contributed by atoms with Crippen molar-refractivity contribution in [1.29, 1.82) is 0 Å². The third kappa shape index (κ3) is 5.29. The van der Waals surface area contributed by atoms with Crippen LogP contribution >= 0.6 is 11.6 Å². The van der Waals surface area contributed by atoms with Crippen LogP contribution in [0.2, 0.25) is 5.02 Å². The summed E-state index contributed by atoms with van der Waals surface area (Å²) in [5.41, 5.74) is 1.27. The topological polar surface area (TPSA) is 0 Å². The van der Waals surface area contributed by atoms with Crippen LogP contribution in [0.3, 0.4) is 0 Å². The second kappa shape index (κ2) is 7.87. The minimum absolute atomic E-state index is 0.751. The molecule has 1 aromatic carbocycles. The van der Waals surface area contributed by atoms with E-state index in [1.807, 2.05) is 32.0 Å². The van der Waals surface area contributed by atoms with Crippen LogP contribution < -0.4 is 0 Å². The van der Waals surface area contributed by atoms with Crippen molar-refractivity contribution in [3.63, 3.8) is 0 Å². The third-order valence-electron chi connectivity index (χ3n) is 1.95. The first-order valence-electron chi connectivity index (χ1n) is 5.43. The fourth-order valence-electron chi connectivity index (χ4n) is 1.15. The van der Waals surface area contributed by atoms with Crippen LogP contribution in [-0.4, -0.2) is 0 Å². The molecule has 0 fully saturated rings. The molecule has 14 heavy (non-hydrogen) atoms. The van der Waals surface area contributed by atoms with Crippen molar-refractivity contribution in [1.82, 2.24) is 0 Å². The Balaban J connectivity index is 0.000000791. The molecule has 0 aliphatic carbocycles. The predicted octanol–water partition coefficient (Wildman–Crippen LogP) is 4.95. The molecule has 1 aromatic rings. The largest absolute Gasteiger partial charge is 0.0840 e. The Kier molecular flexibility index (Phi) is 7.60. The van der Waals surface area contributed by atoms with Gasteiger partial charge in [0.05, 0.1) is 0 Å². The molecule has 0 unspecified atom stereocenters. The van der Waals surface area contributed by atoms with Gasteiger partial charge in [-0.25, -0.2) is 0 Å². The molecule has 0 amide bonds. The molecular weight excluding hydrogens is 192 g/mol. The maximum Gasteiger partial charge on any atom is 0.0437 e. The highest BCUT2D eigenvalue weighted by Gasteiger charge is 1.99. The fourth-order valence-corrected chi connectivity index (χ4v) is 1.38. The zero-order valence-corrected chi connectivity index (χ0v) is 10.4. The van der Waals surface area contributed by atoms with E-state index >= 15 is 0 Å². The highest BCUT2D eigenvalue weighted by atomic mass is 35.5. The summed E-state index contributed by atoms with van der Waals surface area (Å²) in [6, 6.07) is 8.07. The first-order valence-corrected chi connectivity index (χ1v) is 5.81. The standard InChI is InChI=1S/C11H15Cl.C2H6/c1-9(2)7-8-10-5-3-4-6-11(10)12;1-2/h3-6,9H,7-8H2,1-2H3;1-2H3. The monoisotopic (exact) mass is 212 g/mol. The first kappa shape index (κ1) is 13.5. The molecule has 0 bridgehead atoms. The molecule has 0 N–H and O–H groups in total. The molecular formula is C13H21Cl. The number of benzene rings is 1. The van der Waals surface area contributed by atoms with Gasteiger partial charge in [-0.15, -0.1) is 0 Å². The Morgan fingerprint density at radius 1 is 1.14 bits per heavy atom. The van der Waals surface area contributed by atoms with E-state index in [-0.39, 0.29) is 0 Å². The van der Waals surface area contributed by atoms with Gasteiger partial charge in [-0.05, 0) is 30.4 Å². The van der Waals surface area contributed by atoms with E-state index in [1.54, 1.807) is 0 Å². The molecule has 0 atom stereocenters. The molecule has 0 aliphatic heterocycles. The normalized spacial score (nSPS) is 9.57.